The topological polar surface area (TPSA) is 32.3 Å². The molecule has 0 spiro atoms. The molecule has 0 amide bonds. The van der Waals surface area contributed by atoms with Crippen LogP contribution in [0.1, 0.15) is 25.7 Å². The van der Waals surface area contributed by atoms with Crippen LogP contribution in [0.2, 0.25) is 19.6 Å². The summed E-state index contributed by atoms with van der Waals surface area (Å²) in [4.78, 5) is 0. The van der Waals surface area contributed by atoms with Crippen molar-refractivity contribution in [2.75, 3.05) is 0 Å². The van der Waals surface area contributed by atoms with E-state index in [1.807, 2.05) is 0 Å². The van der Waals surface area contributed by atoms with E-state index in [1.54, 1.807) is 0 Å². The Morgan fingerprint density at radius 1 is 1.27 bits per heavy atom. The molecule has 2 rings (SSSR count). The van der Waals surface area contributed by atoms with Crippen LogP contribution >= 0.6 is 0 Å². The maximum Gasteiger partial charge on any atom is 0.0849 e. The molecule has 2 aliphatic heterocycles. The van der Waals surface area contributed by atoms with Crippen molar-refractivity contribution in [3.63, 3.8) is 0 Å². The van der Waals surface area contributed by atoms with E-state index in [0.29, 0.717) is 12.1 Å². The van der Waals surface area contributed by atoms with Crippen molar-refractivity contribution in [2.24, 2.45) is 0 Å². The molecule has 15 heavy (non-hydrogen) atoms. The van der Waals surface area contributed by atoms with Crippen molar-refractivity contribution in [3.05, 3.63) is 11.8 Å². The molecule has 0 aromatic rings. The summed E-state index contributed by atoms with van der Waals surface area (Å²) < 4.78 is 0. The van der Waals surface area contributed by atoms with E-state index in [0.717, 1.165) is 18.0 Å². The average Bonchev–Trinajstić information content (AvgIpc) is 2.43. The summed E-state index contributed by atoms with van der Waals surface area (Å²) >= 11 is 0. The fraction of sp³-hybridized carbons (Fsp3) is 0.833. The third-order valence-electron chi connectivity index (χ3n) is 3.97. The minimum absolute atomic E-state index is 0.529. The molecule has 0 aliphatic carbocycles. The van der Waals surface area contributed by atoms with Gasteiger partial charge < -0.3 is 10.4 Å². The predicted molar refractivity (Wildman–Crippen MR) is 66.6 cm³/mol. The molecular weight excluding hydrogens is 202 g/mol. The Labute approximate surface area is 93.8 Å². The third-order valence-corrected chi connectivity index (χ3v) is 6.25. The molecule has 0 aromatic heterocycles. The smallest absolute Gasteiger partial charge is 0.0849 e. The number of aliphatic hydroxyl groups is 1. The summed E-state index contributed by atoms with van der Waals surface area (Å²) in [6.07, 6.45) is 4.22. The van der Waals surface area contributed by atoms with Crippen molar-refractivity contribution in [1.29, 1.82) is 0 Å². The first-order valence-corrected chi connectivity index (χ1v) is 9.49. The lowest BCUT2D eigenvalue weighted by Crippen LogP contribution is -2.53. The molecule has 2 atom stereocenters. The van der Waals surface area contributed by atoms with E-state index < -0.39 is 13.7 Å². The zero-order valence-corrected chi connectivity index (χ0v) is 11.1. The first kappa shape index (κ1) is 11.4. The SMILES string of the molecule is C=C(C1(O)CC2CCC(C1)N2)[Si](C)(C)C. The van der Waals surface area contributed by atoms with Gasteiger partial charge in [0.25, 0.3) is 0 Å². The van der Waals surface area contributed by atoms with Gasteiger partial charge in [-0.05, 0) is 25.7 Å². The molecule has 2 N–H and O–H groups in total. The number of hydrogen-bond donors (Lipinski definition) is 2. The van der Waals surface area contributed by atoms with E-state index in [-0.39, 0.29) is 0 Å². The molecule has 0 saturated carbocycles. The van der Waals surface area contributed by atoms with Crippen LogP contribution in [0.25, 0.3) is 0 Å². The monoisotopic (exact) mass is 225 g/mol. The van der Waals surface area contributed by atoms with Gasteiger partial charge in [-0.15, -0.1) is 6.58 Å². The molecule has 2 fully saturated rings. The second-order valence-corrected chi connectivity index (χ2v) is 11.4. The van der Waals surface area contributed by atoms with Crippen molar-refractivity contribution >= 4 is 8.07 Å². The van der Waals surface area contributed by atoms with Crippen LogP contribution in [-0.2, 0) is 0 Å². The Kier molecular flexibility index (Phi) is 2.60. The van der Waals surface area contributed by atoms with Gasteiger partial charge in [0, 0.05) is 12.1 Å². The Morgan fingerprint density at radius 2 is 1.73 bits per heavy atom. The first-order chi connectivity index (χ1) is 6.81. The van der Waals surface area contributed by atoms with Gasteiger partial charge in [0.1, 0.15) is 0 Å². The van der Waals surface area contributed by atoms with Crippen molar-refractivity contribution in [1.82, 2.24) is 5.32 Å². The standard InChI is InChI=1S/C12H23NOSi/c1-9(15(2,3)4)12(14)7-10-5-6-11(8-12)13-10/h10-11,13-14H,1,5-8H2,2-4H3. The fourth-order valence-electron chi connectivity index (χ4n) is 3.07. The fourth-order valence-corrected chi connectivity index (χ4v) is 4.67. The summed E-state index contributed by atoms with van der Waals surface area (Å²) in [7, 11) is -1.42. The molecule has 2 heterocycles. The maximum atomic E-state index is 10.8. The first-order valence-electron chi connectivity index (χ1n) is 5.99. The molecular formula is C12H23NOSi. The van der Waals surface area contributed by atoms with Gasteiger partial charge in [0.15, 0.2) is 0 Å². The zero-order valence-electron chi connectivity index (χ0n) is 10.1. The second-order valence-electron chi connectivity index (χ2n) is 6.31. The summed E-state index contributed by atoms with van der Waals surface area (Å²) in [6, 6.07) is 1.06. The van der Waals surface area contributed by atoms with E-state index >= 15 is 0 Å². The van der Waals surface area contributed by atoms with Crippen molar-refractivity contribution in [2.45, 2.75) is 63.0 Å². The minimum atomic E-state index is -1.42. The molecule has 0 aromatic carbocycles. The van der Waals surface area contributed by atoms with Crippen LogP contribution in [0.3, 0.4) is 0 Å². The van der Waals surface area contributed by atoms with Crippen LogP contribution in [0.15, 0.2) is 11.8 Å². The largest absolute Gasteiger partial charge is 0.386 e. The van der Waals surface area contributed by atoms with E-state index in [9.17, 15) is 5.11 Å². The lowest BCUT2D eigenvalue weighted by Gasteiger charge is -2.42. The molecule has 0 radical (unpaired) electrons. The summed E-state index contributed by atoms with van der Waals surface area (Å²) in [6.45, 7) is 11.0. The highest BCUT2D eigenvalue weighted by Crippen LogP contribution is 2.40. The van der Waals surface area contributed by atoms with Crippen LogP contribution in [0.5, 0.6) is 0 Å². The molecule has 3 heteroatoms. The van der Waals surface area contributed by atoms with Gasteiger partial charge in [0.2, 0.25) is 0 Å². The normalized spacial score (nSPS) is 40.5. The number of nitrogens with one attached hydrogen (secondary N) is 1. The van der Waals surface area contributed by atoms with Gasteiger partial charge in [-0.1, -0.05) is 24.8 Å². The van der Waals surface area contributed by atoms with Crippen molar-refractivity contribution < 1.29 is 5.11 Å². The molecule has 86 valence electrons. The Bertz CT molecular complexity index is 270. The number of fused-ring (bicyclic) bond motifs is 2. The van der Waals surface area contributed by atoms with Gasteiger partial charge in [-0.25, -0.2) is 0 Å². The van der Waals surface area contributed by atoms with E-state index in [4.69, 9.17) is 0 Å². The van der Waals surface area contributed by atoms with E-state index in [1.165, 1.54) is 12.8 Å². The van der Waals surface area contributed by atoms with Gasteiger partial charge in [-0.3, -0.25) is 0 Å². The molecule has 2 nitrogen and oxygen atoms in total. The number of rotatable bonds is 2. The lowest BCUT2D eigenvalue weighted by atomic mass is 9.87. The number of hydrogen-bond acceptors (Lipinski definition) is 2. The zero-order chi connectivity index (χ0) is 11.3. The van der Waals surface area contributed by atoms with Crippen LogP contribution in [0.4, 0.5) is 0 Å². The Morgan fingerprint density at radius 3 is 2.13 bits per heavy atom. The average molecular weight is 225 g/mol. The minimum Gasteiger partial charge on any atom is -0.386 e. The van der Waals surface area contributed by atoms with Crippen LogP contribution in [-0.4, -0.2) is 30.9 Å². The molecule has 2 bridgehead atoms. The van der Waals surface area contributed by atoms with Crippen LogP contribution in [0, 0.1) is 0 Å². The molecule has 2 aliphatic rings. The second kappa shape index (κ2) is 3.44. The van der Waals surface area contributed by atoms with Crippen LogP contribution < -0.4 is 5.32 Å². The van der Waals surface area contributed by atoms with Gasteiger partial charge in [0.05, 0.1) is 13.7 Å². The van der Waals surface area contributed by atoms with Crippen molar-refractivity contribution in [3.8, 4) is 0 Å². The Hall–Kier alpha value is -0.123. The summed E-state index contributed by atoms with van der Waals surface area (Å²) in [5.74, 6) is 0. The highest BCUT2D eigenvalue weighted by molar-refractivity contribution is 6.83. The highest BCUT2D eigenvalue weighted by Gasteiger charge is 2.46. The number of piperidine rings is 1. The lowest BCUT2D eigenvalue weighted by molar-refractivity contribution is 0.0336. The molecule has 2 unspecified atom stereocenters. The predicted octanol–water partition coefficient (Wildman–Crippen LogP) is 2.07. The summed E-state index contributed by atoms with van der Waals surface area (Å²) in [5, 5.41) is 15.5. The Balaban J connectivity index is 2.17. The quantitative estimate of drug-likeness (QED) is 0.705. The van der Waals surface area contributed by atoms with E-state index in [2.05, 4.69) is 31.5 Å². The highest BCUT2D eigenvalue weighted by atomic mass is 28.3. The maximum absolute atomic E-state index is 10.8. The molecule has 2 saturated heterocycles. The van der Waals surface area contributed by atoms with Gasteiger partial charge >= 0.3 is 0 Å². The van der Waals surface area contributed by atoms with Gasteiger partial charge in [-0.2, -0.15) is 0 Å². The third kappa shape index (κ3) is 2.05. The summed E-state index contributed by atoms with van der Waals surface area (Å²) in [5.41, 5.74) is -0.568.